The van der Waals surface area contributed by atoms with E-state index in [4.69, 9.17) is 5.73 Å². The molecule has 1 aromatic rings. The highest BCUT2D eigenvalue weighted by atomic mass is 32.2. The molecule has 0 aliphatic carbocycles. The number of sulfonamides is 1. The summed E-state index contributed by atoms with van der Waals surface area (Å²) >= 11 is 0. The number of nitro benzene ring substituents is 1. The molecule has 116 valence electrons. The van der Waals surface area contributed by atoms with Crippen LogP contribution in [0.5, 0.6) is 0 Å². The minimum atomic E-state index is -3.91. The number of sulfone groups is 1. The quantitative estimate of drug-likeness (QED) is 0.450. The van der Waals surface area contributed by atoms with Gasteiger partial charge in [-0.25, -0.2) is 16.8 Å². The molecule has 0 spiro atoms. The monoisotopic (exact) mass is 335 g/mol. The average molecular weight is 335 g/mol. The summed E-state index contributed by atoms with van der Waals surface area (Å²) in [6, 6.07) is 3.12. The van der Waals surface area contributed by atoms with Gasteiger partial charge in [-0.1, -0.05) is 0 Å². The number of nitrogen functional groups attached to an aromatic ring is 1. The fourth-order valence-electron chi connectivity index (χ4n) is 1.94. The van der Waals surface area contributed by atoms with Crippen LogP contribution in [0.4, 0.5) is 11.4 Å². The van der Waals surface area contributed by atoms with Gasteiger partial charge in [-0.05, 0) is 12.1 Å². The Balaban J connectivity index is 2.33. The van der Waals surface area contributed by atoms with Crippen molar-refractivity contribution in [1.29, 1.82) is 0 Å². The molecule has 0 saturated carbocycles. The van der Waals surface area contributed by atoms with Crippen LogP contribution in [-0.4, -0.2) is 50.7 Å². The number of rotatable bonds is 3. The Morgan fingerprint density at radius 1 is 1.24 bits per heavy atom. The largest absolute Gasteiger partial charge is 0.393 e. The Kier molecular flexibility index (Phi) is 3.91. The molecule has 1 fully saturated rings. The summed E-state index contributed by atoms with van der Waals surface area (Å²) in [5, 5.41) is 10.7. The summed E-state index contributed by atoms with van der Waals surface area (Å²) in [6.45, 7) is -0.275. The van der Waals surface area contributed by atoms with Gasteiger partial charge in [0.2, 0.25) is 10.0 Å². The highest BCUT2D eigenvalue weighted by molar-refractivity contribution is 7.92. The van der Waals surface area contributed by atoms with Gasteiger partial charge >= 0.3 is 0 Å². The van der Waals surface area contributed by atoms with E-state index in [1.165, 1.54) is 0 Å². The first-order valence-corrected chi connectivity index (χ1v) is 9.14. The second kappa shape index (κ2) is 5.24. The van der Waals surface area contributed by atoms with E-state index in [1.807, 2.05) is 0 Å². The number of nitrogens with two attached hydrogens (primary N) is 1. The Hall–Kier alpha value is -1.72. The molecule has 11 heteroatoms. The van der Waals surface area contributed by atoms with Crippen molar-refractivity contribution in [2.45, 2.75) is 4.90 Å². The number of nitro groups is 1. The van der Waals surface area contributed by atoms with Crippen LogP contribution in [0.2, 0.25) is 0 Å². The fourth-order valence-corrected chi connectivity index (χ4v) is 4.85. The molecule has 21 heavy (non-hydrogen) atoms. The van der Waals surface area contributed by atoms with E-state index >= 15 is 0 Å². The average Bonchev–Trinajstić information content (AvgIpc) is 2.37. The van der Waals surface area contributed by atoms with Crippen LogP contribution in [0.1, 0.15) is 0 Å². The Morgan fingerprint density at radius 3 is 2.29 bits per heavy atom. The van der Waals surface area contributed by atoms with Crippen molar-refractivity contribution < 1.29 is 21.8 Å². The molecule has 1 heterocycles. The minimum absolute atomic E-state index is 0.137. The van der Waals surface area contributed by atoms with Crippen molar-refractivity contribution in [3.8, 4) is 0 Å². The molecule has 0 aromatic heterocycles. The van der Waals surface area contributed by atoms with E-state index in [9.17, 15) is 26.9 Å². The van der Waals surface area contributed by atoms with Crippen LogP contribution >= 0.6 is 0 Å². The molecule has 0 amide bonds. The van der Waals surface area contributed by atoms with Crippen LogP contribution in [0.3, 0.4) is 0 Å². The standard InChI is InChI=1S/C10H13N3O6S2/c11-9-7-8(1-2-10(9)13(14)15)21(18,19)12-3-5-20(16,17)6-4-12/h1-2,7H,3-6,11H2. The zero-order valence-electron chi connectivity index (χ0n) is 10.8. The van der Waals surface area contributed by atoms with Gasteiger partial charge < -0.3 is 5.73 Å². The van der Waals surface area contributed by atoms with Crippen LogP contribution in [0.15, 0.2) is 23.1 Å². The highest BCUT2D eigenvalue weighted by Gasteiger charge is 2.31. The maximum atomic E-state index is 12.3. The summed E-state index contributed by atoms with van der Waals surface area (Å²) in [5.74, 6) is -0.483. The molecule has 1 saturated heterocycles. The van der Waals surface area contributed by atoms with E-state index < -0.39 is 24.8 Å². The Labute approximate surface area is 121 Å². The van der Waals surface area contributed by atoms with Crippen molar-refractivity contribution in [2.24, 2.45) is 0 Å². The lowest BCUT2D eigenvalue weighted by Crippen LogP contribution is -2.43. The third-order valence-electron chi connectivity index (χ3n) is 3.14. The molecule has 1 aromatic carbocycles. The summed E-state index contributed by atoms with van der Waals surface area (Å²) in [4.78, 5) is 9.76. The van der Waals surface area contributed by atoms with Gasteiger partial charge in [-0.2, -0.15) is 4.31 Å². The molecule has 9 nitrogen and oxygen atoms in total. The van der Waals surface area contributed by atoms with E-state index in [0.29, 0.717) is 0 Å². The molecule has 1 aliphatic heterocycles. The van der Waals surface area contributed by atoms with E-state index in [2.05, 4.69) is 0 Å². The first kappa shape index (κ1) is 15.7. The van der Waals surface area contributed by atoms with Crippen LogP contribution in [0.25, 0.3) is 0 Å². The smallest absolute Gasteiger partial charge is 0.292 e. The van der Waals surface area contributed by atoms with Gasteiger partial charge in [0.1, 0.15) is 5.69 Å². The predicted octanol–water partition coefficient (Wildman–Crippen LogP) is -0.404. The van der Waals surface area contributed by atoms with Gasteiger partial charge in [0.05, 0.1) is 21.3 Å². The predicted molar refractivity (Wildman–Crippen MR) is 74.9 cm³/mol. The maximum Gasteiger partial charge on any atom is 0.292 e. The molecule has 0 unspecified atom stereocenters. The number of nitrogens with zero attached hydrogens (tertiary/aromatic N) is 2. The topological polar surface area (TPSA) is 141 Å². The zero-order chi connectivity index (χ0) is 15.8. The number of hydrogen-bond donors (Lipinski definition) is 1. The summed E-state index contributed by atoms with van der Waals surface area (Å²) in [5.41, 5.74) is 4.83. The van der Waals surface area contributed by atoms with Gasteiger partial charge in [-0.15, -0.1) is 0 Å². The molecular weight excluding hydrogens is 322 g/mol. The second-order valence-corrected chi connectivity index (χ2v) is 8.78. The lowest BCUT2D eigenvalue weighted by molar-refractivity contribution is -0.383. The molecule has 0 bridgehead atoms. The van der Waals surface area contributed by atoms with Crippen molar-refractivity contribution in [1.82, 2.24) is 4.31 Å². The first-order valence-electron chi connectivity index (χ1n) is 5.88. The van der Waals surface area contributed by atoms with Crippen molar-refractivity contribution in [2.75, 3.05) is 30.3 Å². The number of benzene rings is 1. The SMILES string of the molecule is Nc1cc(S(=O)(=O)N2CCS(=O)(=O)CC2)ccc1[N+](=O)[O-]. The van der Waals surface area contributed by atoms with Crippen LogP contribution in [0, 0.1) is 10.1 Å². The second-order valence-electron chi connectivity index (χ2n) is 4.53. The number of anilines is 1. The first-order chi connectivity index (χ1) is 9.63. The Bertz CT molecular complexity index is 773. The highest BCUT2D eigenvalue weighted by Crippen LogP contribution is 2.26. The minimum Gasteiger partial charge on any atom is -0.393 e. The molecule has 0 atom stereocenters. The fraction of sp³-hybridized carbons (Fsp3) is 0.400. The lowest BCUT2D eigenvalue weighted by atomic mass is 10.3. The zero-order valence-corrected chi connectivity index (χ0v) is 12.4. The maximum absolute atomic E-state index is 12.3. The van der Waals surface area contributed by atoms with E-state index in [1.54, 1.807) is 0 Å². The molecule has 2 rings (SSSR count). The third kappa shape index (κ3) is 3.14. The third-order valence-corrected chi connectivity index (χ3v) is 6.64. The number of hydrogen-bond acceptors (Lipinski definition) is 7. The van der Waals surface area contributed by atoms with Crippen molar-refractivity contribution in [3.63, 3.8) is 0 Å². The van der Waals surface area contributed by atoms with Crippen LogP contribution < -0.4 is 5.73 Å². The summed E-state index contributed by atoms with van der Waals surface area (Å²) in [6.07, 6.45) is 0. The molecule has 2 N–H and O–H groups in total. The van der Waals surface area contributed by atoms with Gasteiger partial charge in [0.25, 0.3) is 5.69 Å². The normalized spacial score (nSPS) is 19.2. The summed E-state index contributed by atoms with van der Waals surface area (Å²) in [7, 11) is -7.12. The van der Waals surface area contributed by atoms with Gasteiger partial charge in [0.15, 0.2) is 9.84 Å². The van der Waals surface area contributed by atoms with Gasteiger partial charge in [-0.3, -0.25) is 10.1 Å². The van der Waals surface area contributed by atoms with Gasteiger partial charge in [0, 0.05) is 19.2 Å². The molecular formula is C10H13N3O6S2. The van der Waals surface area contributed by atoms with Crippen LogP contribution in [-0.2, 0) is 19.9 Å². The molecule has 1 aliphatic rings. The molecule has 0 radical (unpaired) electrons. The van der Waals surface area contributed by atoms with E-state index in [-0.39, 0.29) is 40.9 Å². The van der Waals surface area contributed by atoms with Crippen molar-refractivity contribution >= 4 is 31.2 Å². The summed E-state index contributed by atoms with van der Waals surface area (Å²) < 4.78 is 48.3. The van der Waals surface area contributed by atoms with Crippen molar-refractivity contribution in [3.05, 3.63) is 28.3 Å². The lowest BCUT2D eigenvalue weighted by Gasteiger charge is -2.25. The van der Waals surface area contributed by atoms with E-state index in [0.717, 1.165) is 22.5 Å². The Morgan fingerprint density at radius 2 is 1.81 bits per heavy atom.